The molecule has 0 bridgehead atoms. The third kappa shape index (κ3) is 3.45. The number of hydrogen-bond acceptors (Lipinski definition) is 3. The number of benzene rings is 1. The first-order valence-electron chi connectivity index (χ1n) is 5.71. The number of pyridine rings is 1. The van der Waals surface area contributed by atoms with Crippen molar-refractivity contribution < 1.29 is 4.74 Å². The molecule has 4 heteroatoms. The van der Waals surface area contributed by atoms with Gasteiger partial charge in [0.2, 0.25) is 0 Å². The molecule has 0 radical (unpaired) electrons. The monoisotopic (exact) mass is 262 g/mol. The fourth-order valence-corrected chi connectivity index (χ4v) is 1.82. The lowest BCUT2D eigenvalue weighted by Crippen LogP contribution is -2.12. The van der Waals surface area contributed by atoms with Gasteiger partial charge in [-0.3, -0.25) is 4.98 Å². The number of nitrogens with one attached hydrogen (secondary N) is 1. The zero-order valence-electron chi connectivity index (χ0n) is 10.2. The Morgan fingerprint density at radius 2 is 1.94 bits per heavy atom. The summed E-state index contributed by atoms with van der Waals surface area (Å²) in [5.41, 5.74) is 2.26. The summed E-state index contributed by atoms with van der Waals surface area (Å²) in [6.07, 6.45) is 3.40. The van der Waals surface area contributed by atoms with Gasteiger partial charge < -0.3 is 10.1 Å². The average Bonchev–Trinajstić information content (AvgIpc) is 2.42. The van der Waals surface area contributed by atoms with Crippen LogP contribution in [0.3, 0.4) is 0 Å². The van der Waals surface area contributed by atoms with Crippen LogP contribution in [0.15, 0.2) is 42.7 Å². The predicted molar refractivity (Wildman–Crippen MR) is 72.8 cm³/mol. The molecule has 94 valence electrons. The van der Waals surface area contributed by atoms with E-state index in [-0.39, 0.29) is 0 Å². The lowest BCUT2D eigenvalue weighted by Gasteiger charge is -2.07. The Morgan fingerprint density at radius 1 is 1.17 bits per heavy atom. The normalized spacial score (nSPS) is 10.3. The molecule has 0 aliphatic rings. The van der Waals surface area contributed by atoms with Crippen molar-refractivity contribution in [2.24, 2.45) is 0 Å². The Labute approximate surface area is 112 Å². The van der Waals surface area contributed by atoms with Crippen LogP contribution in [-0.4, -0.2) is 12.1 Å². The van der Waals surface area contributed by atoms with Gasteiger partial charge in [0, 0.05) is 25.5 Å². The Hall–Kier alpha value is -1.58. The highest BCUT2D eigenvalue weighted by Crippen LogP contribution is 2.14. The van der Waals surface area contributed by atoms with Gasteiger partial charge in [-0.05, 0) is 29.3 Å². The fraction of sp³-hybridized carbons (Fsp3) is 0.214. The van der Waals surface area contributed by atoms with Gasteiger partial charge >= 0.3 is 0 Å². The van der Waals surface area contributed by atoms with E-state index < -0.39 is 0 Å². The van der Waals surface area contributed by atoms with Gasteiger partial charge in [-0.1, -0.05) is 23.7 Å². The summed E-state index contributed by atoms with van der Waals surface area (Å²) in [4.78, 5) is 3.96. The summed E-state index contributed by atoms with van der Waals surface area (Å²) in [7, 11) is 1.67. The van der Waals surface area contributed by atoms with Crippen molar-refractivity contribution in [2.45, 2.75) is 13.1 Å². The zero-order chi connectivity index (χ0) is 12.8. The molecule has 1 heterocycles. The van der Waals surface area contributed by atoms with Crippen molar-refractivity contribution in [3.8, 4) is 5.75 Å². The average molecular weight is 263 g/mol. The Bertz CT molecular complexity index is 499. The van der Waals surface area contributed by atoms with Crippen LogP contribution in [0.5, 0.6) is 5.75 Å². The largest absolute Gasteiger partial charge is 0.497 e. The van der Waals surface area contributed by atoms with Crippen LogP contribution in [0.1, 0.15) is 11.1 Å². The second kappa shape index (κ2) is 6.38. The van der Waals surface area contributed by atoms with E-state index in [0.29, 0.717) is 5.02 Å². The fourth-order valence-electron chi connectivity index (χ4n) is 1.63. The van der Waals surface area contributed by atoms with Crippen molar-refractivity contribution in [2.75, 3.05) is 7.11 Å². The molecule has 0 aliphatic carbocycles. The first-order chi connectivity index (χ1) is 8.79. The van der Waals surface area contributed by atoms with Crippen LogP contribution >= 0.6 is 11.6 Å². The number of methoxy groups -OCH3 is 1. The maximum atomic E-state index is 6.03. The van der Waals surface area contributed by atoms with Gasteiger partial charge in [-0.2, -0.15) is 0 Å². The third-order valence-corrected chi connectivity index (χ3v) is 3.00. The lowest BCUT2D eigenvalue weighted by atomic mass is 10.2. The van der Waals surface area contributed by atoms with Gasteiger partial charge in [0.05, 0.1) is 12.1 Å². The van der Waals surface area contributed by atoms with E-state index in [1.165, 1.54) is 5.56 Å². The molecule has 0 fully saturated rings. The van der Waals surface area contributed by atoms with Crippen LogP contribution in [0.4, 0.5) is 0 Å². The van der Waals surface area contributed by atoms with Gasteiger partial charge in [-0.25, -0.2) is 0 Å². The molecular weight excluding hydrogens is 248 g/mol. The molecule has 2 rings (SSSR count). The molecule has 0 spiro atoms. The Balaban J connectivity index is 1.86. The zero-order valence-corrected chi connectivity index (χ0v) is 10.9. The van der Waals surface area contributed by atoms with Crippen molar-refractivity contribution >= 4 is 11.6 Å². The standard InChI is InChI=1S/C14H15ClN2O/c1-18-13-4-2-11(3-5-13)8-17-9-12-6-7-16-10-14(12)15/h2-7,10,17H,8-9H2,1H3. The molecule has 2 aromatic rings. The van der Waals surface area contributed by atoms with Crippen molar-refractivity contribution in [3.05, 3.63) is 58.9 Å². The topological polar surface area (TPSA) is 34.1 Å². The van der Waals surface area contributed by atoms with Gasteiger partial charge in [0.15, 0.2) is 0 Å². The van der Waals surface area contributed by atoms with Gasteiger partial charge in [0.1, 0.15) is 5.75 Å². The molecule has 0 saturated heterocycles. The van der Waals surface area contributed by atoms with Crippen molar-refractivity contribution in [1.29, 1.82) is 0 Å². The molecule has 1 N–H and O–H groups in total. The first kappa shape index (κ1) is 12.9. The molecule has 3 nitrogen and oxygen atoms in total. The van der Waals surface area contributed by atoms with E-state index in [1.54, 1.807) is 19.5 Å². The molecule has 1 aromatic heterocycles. The number of ether oxygens (including phenoxy) is 1. The quantitative estimate of drug-likeness (QED) is 0.899. The number of rotatable bonds is 5. The van der Waals surface area contributed by atoms with E-state index in [2.05, 4.69) is 10.3 Å². The van der Waals surface area contributed by atoms with E-state index >= 15 is 0 Å². The minimum Gasteiger partial charge on any atom is -0.497 e. The van der Waals surface area contributed by atoms with Crippen LogP contribution < -0.4 is 10.1 Å². The Kier molecular flexibility index (Phi) is 4.56. The summed E-state index contributed by atoms with van der Waals surface area (Å²) in [5.74, 6) is 0.871. The first-order valence-corrected chi connectivity index (χ1v) is 6.09. The van der Waals surface area contributed by atoms with Crippen LogP contribution in [0, 0.1) is 0 Å². The highest BCUT2D eigenvalue weighted by atomic mass is 35.5. The van der Waals surface area contributed by atoms with Crippen molar-refractivity contribution in [3.63, 3.8) is 0 Å². The van der Waals surface area contributed by atoms with E-state index in [4.69, 9.17) is 16.3 Å². The minimum absolute atomic E-state index is 0.694. The van der Waals surface area contributed by atoms with E-state index in [1.807, 2.05) is 30.3 Å². The summed E-state index contributed by atoms with van der Waals surface area (Å²) in [6, 6.07) is 9.91. The van der Waals surface area contributed by atoms with Gasteiger partial charge in [-0.15, -0.1) is 0 Å². The molecule has 18 heavy (non-hydrogen) atoms. The summed E-state index contributed by atoms with van der Waals surface area (Å²) in [6.45, 7) is 1.52. The molecule has 0 saturated carbocycles. The van der Waals surface area contributed by atoms with Crippen molar-refractivity contribution in [1.82, 2.24) is 10.3 Å². The SMILES string of the molecule is COc1ccc(CNCc2ccncc2Cl)cc1. The highest BCUT2D eigenvalue weighted by Gasteiger charge is 1.99. The summed E-state index contributed by atoms with van der Waals surface area (Å²) < 4.78 is 5.11. The Morgan fingerprint density at radius 3 is 2.61 bits per heavy atom. The molecule has 1 aromatic carbocycles. The smallest absolute Gasteiger partial charge is 0.118 e. The second-order valence-corrected chi connectivity index (χ2v) is 4.33. The van der Waals surface area contributed by atoms with Crippen LogP contribution in [-0.2, 0) is 13.1 Å². The molecule has 0 atom stereocenters. The molecule has 0 aliphatic heterocycles. The number of halogens is 1. The lowest BCUT2D eigenvalue weighted by molar-refractivity contribution is 0.414. The molecule has 0 amide bonds. The van der Waals surface area contributed by atoms with E-state index in [9.17, 15) is 0 Å². The molecular formula is C14H15ClN2O. The maximum absolute atomic E-state index is 6.03. The third-order valence-electron chi connectivity index (χ3n) is 2.66. The molecule has 0 unspecified atom stereocenters. The summed E-state index contributed by atoms with van der Waals surface area (Å²) in [5, 5.41) is 4.04. The number of hydrogen-bond donors (Lipinski definition) is 1. The minimum atomic E-state index is 0.694. The summed E-state index contributed by atoms with van der Waals surface area (Å²) >= 11 is 6.03. The second-order valence-electron chi connectivity index (χ2n) is 3.92. The highest BCUT2D eigenvalue weighted by molar-refractivity contribution is 6.31. The van der Waals surface area contributed by atoms with Crippen LogP contribution in [0.2, 0.25) is 5.02 Å². The number of nitrogens with zero attached hydrogens (tertiary/aromatic N) is 1. The van der Waals surface area contributed by atoms with Gasteiger partial charge in [0.25, 0.3) is 0 Å². The number of aromatic nitrogens is 1. The predicted octanol–water partition coefficient (Wildman–Crippen LogP) is 3.03. The van der Waals surface area contributed by atoms with E-state index in [0.717, 1.165) is 24.4 Å². The maximum Gasteiger partial charge on any atom is 0.118 e. The van der Waals surface area contributed by atoms with Crippen LogP contribution in [0.25, 0.3) is 0 Å².